The number of carboxylic acids is 1. The zero-order valence-corrected chi connectivity index (χ0v) is 10.8. The van der Waals surface area contributed by atoms with Crippen molar-refractivity contribution in [3.63, 3.8) is 0 Å². The van der Waals surface area contributed by atoms with Crippen molar-refractivity contribution in [2.45, 2.75) is 13.5 Å². The van der Waals surface area contributed by atoms with E-state index in [2.05, 4.69) is 16.1 Å². The molecular formula is C13H14N2O2S. The minimum Gasteiger partial charge on any atom is -0.478 e. The van der Waals surface area contributed by atoms with Crippen molar-refractivity contribution < 1.29 is 9.90 Å². The van der Waals surface area contributed by atoms with Crippen LogP contribution in [0.25, 0.3) is 0 Å². The molecule has 4 nitrogen and oxygen atoms in total. The summed E-state index contributed by atoms with van der Waals surface area (Å²) in [6, 6.07) is 4.66. The van der Waals surface area contributed by atoms with Crippen LogP contribution < -0.4 is 11.1 Å². The van der Waals surface area contributed by atoms with Crippen LogP contribution in [0.2, 0.25) is 0 Å². The summed E-state index contributed by atoms with van der Waals surface area (Å²) in [6.45, 7) is 2.69. The number of aryl methyl sites for hydroxylation is 1. The van der Waals surface area contributed by atoms with Crippen molar-refractivity contribution in [3.8, 4) is 0 Å². The molecule has 0 aliphatic heterocycles. The first-order valence-electron chi connectivity index (χ1n) is 5.46. The summed E-state index contributed by atoms with van der Waals surface area (Å²) >= 11 is 1.65. The number of nitrogens with one attached hydrogen (secondary N) is 1. The monoisotopic (exact) mass is 262 g/mol. The molecule has 4 N–H and O–H groups in total. The van der Waals surface area contributed by atoms with Gasteiger partial charge in [0.2, 0.25) is 0 Å². The van der Waals surface area contributed by atoms with Crippen molar-refractivity contribution >= 4 is 28.7 Å². The lowest BCUT2D eigenvalue weighted by molar-refractivity contribution is 0.0697. The smallest absolute Gasteiger partial charge is 0.335 e. The first-order valence-corrected chi connectivity index (χ1v) is 6.40. The van der Waals surface area contributed by atoms with Gasteiger partial charge >= 0.3 is 5.97 Å². The summed E-state index contributed by atoms with van der Waals surface area (Å²) < 4.78 is 0. The molecule has 0 spiro atoms. The van der Waals surface area contributed by atoms with Crippen LogP contribution in [0.5, 0.6) is 0 Å². The average Bonchev–Trinajstić information content (AvgIpc) is 2.73. The molecule has 0 saturated heterocycles. The Labute approximate surface area is 109 Å². The quantitative estimate of drug-likeness (QED) is 0.740. The zero-order chi connectivity index (χ0) is 13.1. The van der Waals surface area contributed by atoms with Crippen LogP contribution in [0.15, 0.2) is 29.0 Å². The van der Waals surface area contributed by atoms with Crippen LogP contribution in [0, 0.1) is 6.92 Å². The SMILES string of the molecule is Cc1cscc1CNc1cc(C(=O)O)ccc1N. The molecule has 0 unspecified atom stereocenters. The summed E-state index contributed by atoms with van der Waals surface area (Å²) in [5.41, 5.74) is 9.66. The maximum atomic E-state index is 10.9. The van der Waals surface area contributed by atoms with Gasteiger partial charge in [-0.15, -0.1) is 0 Å². The fourth-order valence-corrected chi connectivity index (χ4v) is 2.46. The maximum Gasteiger partial charge on any atom is 0.335 e. The van der Waals surface area contributed by atoms with Gasteiger partial charge in [0.1, 0.15) is 0 Å². The average molecular weight is 262 g/mol. The van der Waals surface area contributed by atoms with Crippen molar-refractivity contribution in [2.24, 2.45) is 0 Å². The van der Waals surface area contributed by atoms with E-state index in [1.54, 1.807) is 23.5 Å². The fourth-order valence-electron chi connectivity index (χ4n) is 1.60. The summed E-state index contributed by atoms with van der Waals surface area (Å²) in [6.07, 6.45) is 0. The third-order valence-electron chi connectivity index (χ3n) is 2.73. The van der Waals surface area contributed by atoms with Gasteiger partial charge in [-0.05, 0) is 47.0 Å². The number of carboxylic acid groups (broad SMARTS) is 1. The Morgan fingerprint density at radius 2 is 2.22 bits per heavy atom. The molecule has 1 heterocycles. The molecular weight excluding hydrogens is 248 g/mol. The number of nitrogen functional groups attached to an aromatic ring is 1. The van der Waals surface area contributed by atoms with E-state index < -0.39 is 5.97 Å². The maximum absolute atomic E-state index is 10.9. The zero-order valence-electron chi connectivity index (χ0n) is 9.93. The normalized spacial score (nSPS) is 10.3. The van der Waals surface area contributed by atoms with Gasteiger partial charge in [-0.2, -0.15) is 11.3 Å². The van der Waals surface area contributed by atoms with E-state index in [4.69, 9.17) is 10.8 Å². The van der Waals surface area contributed by atoms with Crippen LogP contribution in [-0.2, 0) is 6.54 Å². The number of rotatable bonds is 4. The standard InChI is InChI=1S/C13H14N2O2S/c1-8-6-18-7-10(8)5-15-12-4-9(13(16)17)2-3-11(12)14/h2-4,6-7,15H,5,14H2,1H3,(H,16,17). The Morgan fingerprint density at radius 3 is 2.83 bits per heavy atom. The highest BCUT2D eigenvalue weighted by Gasteiger charge is 2.07. The van der Waals surface area contributed by atoms with Gasteiger partial charge in [-0.25, -0.2) is 4.79 Å². The Morgan fingerprint density at radius 1 is 1.44 bits per heavy atom. The van der Waals surface area contributed by atoms with Crippen molar-refractivity contribution in [2.75, 3.05) is 11.1 Å². The summed E-state index contributed by atoms with van der Waals surface area (Å²) in [5, 5.41) is 16.2. The lowest BCUT2D eigenvalue weighted by Gasteiger charge is -2.10. The van der Waals surface area contributed by atoms with E-state index in [0.717, 1.165) is 0 Å². The first kappa shape index (κ1) is 12.4. The lowest BCUT2D eigenvalue weighted by Crippen LogP contribution is -2.05. The Bertz CT molecular complexity index is 578. The number of hydrogen-bond donors (Lipinski definition) is 3. The highest BCUT2D eigenvalue weighted by atomic mass is 32.1. The van der Waals surface area contributed by atoms with Gasteiger partial charge in [-0.1, -0.05) is 0 Å². The van der Waals surface area contributed by atoms with Gasteiger partial charge in [0, 0.05) is 6.54 Å². The summed E-state index contributed by atoms with van der Waals surface area (Å²) in [4.78, 5) is 10.9. The highest BCUT2D eigenvalue weighted by molar-refractivity contribution is 7.08. The fraction of sp³-hybridized carbons (Fsp3) is 0.154. The minimum atomic E-state index is -0.954. The van der Waals surface area contributed by atoms with E-state index in [0.29, 0.717) is 17.9 Å². The molecule has 5 heteroatoms. The molecule has 1 aromatic heterocycles. The van der Waals surface area contributed by atoms with Crippen LogP contribution in [0.3, 0.4) is 0 Å². The molecule has 2 rings (SSSR count). The van der Waals surface area contributed by atoms with E-state index in [1.165, 1.54) is 17.2 Å². The molecule has 2 aromatic rings. The topological polar surface area (TPSA) is 75.3 Å². The molecule has 0 aliphatic carbocycles. The molecule has 1 aromatic carbocycles. The number of nitrogens with two attached hydrogens (primary N) is 1. The second-order valence-electron chi connectivity index (χ2n) is 4.04. The van der Waals surface area contributed by atoms with Gasteiger partial charge < -0.3 is 16.2 Å². The number of hydrogen-bond acceptors (Lipinski definition) is 4. The molecule has 0 saturated carbocycles. The van der Waals surface area contributed by atoms with Gasteiger partial charge in [-0.3, -0.25) is 0 Å². The molecule has 0 aliphatic rings. The number of anilines is 2. The molecule has 18 heavy (non-hydrogen) atoms. The van der Waals surface area contributed by atoms with Crippen LogP contribution >= 0.6 is 11.3 Å². The van der Waals surface area contributed by atoms with Crippen LogP contribution in [0.4, 0.5) is 11.4 Å². The lowest BCUT2D eigenvalue weighted by atomic mass is 10.1. The number of benzene rings is 1. The first-order chi connectivity index (χ1) is 8.58. The Hall–Kier alpha value is -2.01. The second-order valence-corrected chi connectivity index (χ2v) is 4.78. The predicted octanol–water partition coefficient (Wildman–Crippen LogP) is 2.95. The second kappa shape index (κ2) is 5.10. The van der Waals surface area contributed by atoms with Crippen molar-refractivity contribution in [1.82, 2.24) is 0 Å². The summed E-state index contributed by atoms with van der Waals surface area (Å²) in [5.74, 6) is -0.954. The largest absolute Gasteiger partial charge is 0.478 e. The van der Waals surface area contributed by atoms with Crippen LogP contribution in [-0.4, -0.2) is 11.1 Å². The molecule has 0 atom stereocenters. The van der Waals surface area contributed by atoms with Crippen molar-refractivity contribution in [3.05, 3.63) is 45.6 Å². The van der Waals surface area contributed by atoms with Crippen molar-refractivity contribution in [1.29, 1.82) is 0 Å². The number of aromatic carboxylic acids is 1. The van der Waals surface area contributed by atoms with E-state index in [1.807, 2.05) is 6.92 Å². The van der Waals surface area contributed by atoms with E-state index in [-0.39, 0.29) is 5.56 Å². The molecule has 0 fully saturated rings. The third kappa shape index (κ3) is 2.62. The van der Waals surface area contributed by atoms with Gasteiger partial charge in [0.15, 0.2) is 0 Å². The molecule has 94 valence electrons. The minimum absolute atomic E-state index is 0.230. The number of carbonyl (C=O) groups is 1. The summed E-state index contributed by atoms with van der Waals surface area (Å²) in [7, 11) is 0. The van der Waals surface area contributed by atoms with Gasteiger partial charge in [0.25, 0.3) is 0 Å². The Kier molecular flexibility index (Phi) is 3.53. The molecule has 0 bridgehead atoms. The predicted molar refractivity (Wildman–Crippen MR) is 74.2 cm³/mol. The van der Waals surface area contributed by atoms with Gasteiger partial charge in [0.05, 0.1) is 16.9 Å². The van der Waals surface area contributed by atoms with E-state index >= 15 is 0 Å². The highest BCUT2D eigenvalue weighted by Crippen LogP contribution is 2.22. The van der Waals surface area contributed by atoms with Crippen LogP contribution in [0.1, 0.15) is 21.5 Å². The molecule has 0 amide bonds. The number of thiophene rings is 1. The molecule has 0 radical (unpaired) electrons. The van der Waals surface area contributed by atoms with E-state index in [9.17, 15) is 4.79 Å². The third-order valence-corrected chi connectivity index (χ3v) is 3.64. The Balaban J connectivity index is 2.16.